The predicted molar refractivity (Wildman–Crippen MR) is 126 cm³/mol. The Hall–Kier alpha value is -3.60. The van der Waals surface area contributed by atoms with E-state index in [1.807, 2.05) is 31.2 Å². The van der Waals surface area contributed by atoms with E-state index in [1.165, 1.54) is 6.07 Å². The fourth-order valence-corrected chi connectivity index (χ4v) is 3.95. The number of fused-ring (bicyclic) bond motifs is 2. The van der Waals surface area contributed by atoms with Crippen molar-refractivity contribution in [3.63, 3.8) is 0 Å². The van der Waals surface area contributed by atoms with Gasteiger partial charge in [0.1, 0.15) is 22.8 Å². The highest BCUT2D eigenvalue weighted by molar-refractivity contribution is 6.03. The lowest BCUT2D eigenvalue weighted by atomic mass is 9.91. The van der Waals surface area contributed by atoms with Gasteiger partial charge in [0, 0.05) is 35.1 Å². The molecule has 0 atom stereocenters. The summed E-state index contributed by atoms with van der Waals surface area (Å²) < 4.78 is 17.0. The quantitative estimate of drug-likeness (QED) is 0.148. The second kappa shape index (κ2) is 9.27. The predicted octanol–water partition coefficient (Wildman–Crippen LogP) is 6.37. The van der Waals surface area contributed by atoms with Crippen molar-refractivity contribution in [2.24, 2.45) is 0 Å². The zero-order chi connectivity index (χ0) is 22.7. The van der Waals surface area contributed by atoms with E-state index in [2.05, 4.69) is 6.92 Å². The maximum absolute atomic E-state index is 12.2. The van der Waals surface area contributed by atoms with E-state index in [9.17, 15) is 9.59 Å². The third kappa shape index (κ3) is 4.37. The minimum atomic E-state index is -0.258. The lowest BCUT2D eigenvalue weighted by molar-refractivity contribution is -0.134. The number of esters is 1. The zero-order valence-electron chi connectivity index (χ0n) is 18.6. The van der Waals surface area contributed by atoms with Crippen molar-refractivity contribution >= 4 is 16.9 Å². The Morgan fingerprint density at radius 3 is 2.47 bits per heavy atom. The fraction of sp³-hybridized carbons (Fsp3) is 0.259. The molecule has 1 aliphatic heterocycles. The van der Waals surface area contributed by atoms with E-state index in [0.29, 0.717) is 23.5 Å². The molecule has 0 unspecified atom stereocenters. The van der Waals surface area contributed by atoms with Crippen LogP contribution in [0.15, 0.2) is 63.8 Å². The summed E-state index contributed by atoms with van der Waals surface area (Å²) in [6.45, 7) is 4.12. The number of ether oxygens (including phenoxy) is 2. The summed E-state index contributed by atoms with van der Waals surface area (Å²) in [5.41, 5.74) is 4.27. The third-order valence-corrected chi connectivity index (χ3v) is 5.58. The molecule has 5 heteroatoms. The topological polar surface area (TPSA) is 65.7 Å². The van der Waals surface area contributed by atoms with Crippen LogP contribution < -0.4 is 14.9 Å². The van der Waals surface area contributed by atoms with Gasteiger partial charge in [-0.05, 0) is 60.9 Å². The standard InChI is InChI=1S/C27H26O5/c1-4-5-6-7-26(29)31-20-10-13-23-25(16-20)32-24-15-18(28)8-11-22(24)27(23)21-12-9-19(30-3)14-17(21)2/h8-16H,4-7H2,1-3H3. The Morgan fingerprint density at radius 1 is 0.938 bits per heavy atom. The Labute approximate surface area is 186 Å². The van der Waals surface area contributed by atoms with Gasteiger partial charge in [0.2, 0.25) is 0 Å². The summed E-state index contributed by atoms with van der Waals surface area (Å²) >= 11 is 0. The van der Waals surface area contributed by atoms with Gasteiger partial charge in [-0.15, -0.1) is 0 Å². The van der Waals surface area contributed by atoms with E-state index in [1.54, 1.807) is 31.4 Å². The smallest absolute Gasteiger partial charge is 0.311 e. The molecule has 2 aliphatic rings. The fourth-order valence-electron chi connectivity index (χ4n) is 3.95. The molecule has 0 aromatic heterocycles. The number of rotatable bonds is 7. The maximum Gasteiger partial charge on any atom is 0.311 e. The van der Waals surface area contributed by atoms with Gasteiger partial charge in [-0.25, -0.2) is 0 Å². The summed E-state index contributed by atoms with van der Waals surface area (Å²) in [6, 6.07) is 16.1. The highest BCUT2D eigenvalue weighted by atomic mass is 16.5. The Balaban J connectivity index is 1.85. The summed E-state index contributed by atoms with van der Waals surface area (Å²) in [4.78, 5) is 24.2. The number of benzene rings is 3. The normalized spacial score (nSPS) is 11.1. The summed E-state index contributed by atoms with van der Waals surface area (Å²) in [6.07, 6.45) is 3.24. The van der Waals surface area contributed by atoms with Crippen molar-refractivity contribution in [2.45, 2.75) is 39.5 Å². The molecule has 1 aliphatic carbocycles. The van der Waals surface area contributed by atoms with Gasteiger partial charge in [-0.3, -0.25) is 9.59 Å². The second-order valence-electron chi connectivity index (χ2n) is 7.91. The van der Waals surface area contributed by atoms with Crippen LogP contribution in [0, 0.1) is 6.92 Å². The largest absolute Gasteiger partial charge is 0.497 e. The van der Waals surface area contributed by atoms with Crippen LogP contribution in [0.25, 0.3) is 33.4 Å². The van der Waals surface area contributed by atoms with Crippen LogP contribution in [0.5, 0.6) is 11.5 Å². The number of aryl methyl sites for hydroxylation is 1. The van der Waals surface area contributed by atoms with Gasteiger partial charge in [0.05, 0.1) is 7.11 Å². The number of carbonyl (C=O) groups excluding carboxylic acids is 1. The molecule has 2 aromatic carbocycles. The minimum Gasteiger partial charge on any atom is -0.497 e. The van der Waals surface area contributed by atoms with Crippen LogP contribution >= 0.6 is 0 Å². The molecular formula is C27H26O5. The molecule has 2 aromatic rings. The zero-order valence-corrected chi connectivity index (χ0v) is 18.6. The average molecular weight is 431 g/mol. The number of unbranched alkanes of at least 4 members (excludes halogenated alkanes) is 2. The molecule has 0 bridgehead atoms. The van der Waals surface area contributed by atoms with Crippen molar-refractivity contribution in [1.82, 2.24) is 0 Å². The van der Waals surface area contributed by atoms with Crippen molar-refractivity contribution in [1.29, 1.82) is 0 Å². The van der Waals surface area contributed by atoms with E-state index < -0.39 is 0 Å². The molecule has 0 spiro atoms. The van der Waals surface area contributed by atoms with Gasteiger partial charge < -0.3 is 13.9 Å². The van der Waals surface area contributed by atoms with Crippen LogP contribution in [0.2, 0.25) is 0 Å². The van der Waals surface area contributed by atoms with Crippen LogP contribution in [0.3, 0.4) is 0 Å². The first-order chi connectivity index (χ1) is 15.5. The van der Waals surface area contributed by atoms with E-state index in [-0.39, 0.29) is 11.4 Å². The first-order valence-corrected chi connectivity index (χ1v) is 10.9. The van der Waals surface area contributed by atoms with Gasteiger partial charge >= 0.3 is 5.97 Å². The second-order valence-corrected chi connectivity index (χ2v) is 7.91. The van der Waals surface area contributed by atoms with Crippen LogP contribution in [-0.4, -0.2) is 13.1 Å². The molecule has 0 N–H and O–H groups in total. The van der Waals surface area contributed by atoms with E-state index in [0.717, 1.165) is 52.7 Å². The van der Waals surface area contributed by atoms with Gasteiger partial charge in [-0.2, -0.15) is 0 Å². The monoisotopic (exact) mass is 430 g/mol. The highest BCUT2D eigenvalue weighted by Crippen LogP contribution is 2.42. The number of methoxy groups -OCH3 is 1. The lowest BCUT2D eigenvalue weighted by Crippen LogP contribution is -2.07. The summed E-state index contributed by atoms with van der Waals surface area (Å²) in [5, 5.41) is 0.871. The number of carbonyl (C=O) groups is 1. The van der Waals surface area contributed by atoms with Gasteiger partial charge in [0.15, 0.2) is 5.43 Å². The van der Waals surface area contributed by atoms with E-state index >= 15 is 0 Å². The van der Waals surface area contributed by atoms with Crippen LogP contribution in [0.4, 0.5) is 0 Å². The average Bonchev–Trinajstić information content (AvgIpc) is 2.77. The summed E-state index contributed by atoms with van der Waals surface area (Å²) in [5.74, 6) is 1.44. The van der Waals surface area contributed by atoms with Crippen molar-refractivity contribution < 1.29 is 18.7 Å². The Bertz CT molecular complexity index is 1300. The van der Waals surface area contributed by atoms with Crippen molar-refractivity contribution in [3.05, 3.63) is 70.4 Å². The van der Waals surface area contributed by atoms with Gasteiger partial charge in [-0.1, -0.05) is 25.8 Å². The number of hydrogen-bond acceptors (Lipinski definition) is 5. The van der Waals surface area contributed by atoms with E-state index in [4.69, 9.17) is 13.9 Å². The van der Waals surface area contributed by atoms with Crippen LogP contribution in [-0.2, 0) is 4.79 Å². The number of hydrogen-bond donors (Lipinski definition) is 0. The minimum absolute atomic E-state index is 0.128. The SMILES string of the molecule is CCCCCC(=O)Oc1ccc2c(-c3ccc(OC)cc3C)c3ccc(=O)cc-3oc2c1. The first-order valence-electron chi connectivity index (χ1n) is 10.9. The van der Waals surface area contributed by atoms with Crippen LogP contribution in [0.1, 0.15) is 38.2 Å². The molecule has 0 saturated carbocycles. The Morgan fingerprint density at radius 2 is 1.72 bits per heavy atom. The molecule has 0 amide bonds. The lowest BCUT2D eigenvalue weighted by Gasteiger charge is -2.17. The molecule has 0 fully saturated rings. The van der Waals surface area contributed by atoms with Crippen molar-refractivity contribution in [3.8, 4) is 33.9 Å². The maximum atomic E-state index is 12.2. The summed E-state index contributed by atoms with van der Waals surface area (Å²) in [7, 11) is 1.64. The van der Waals surface area contributed by atoms with Crippen molar-refractivity contribution in [2.75, 3.05) is 7.11 Å². The highest BCUT2D eigenvalue weighted by Gasteiger charge is 2.19. The molecule has 5 nitrogen and oxygen atoms in total. The molecule has 0 radical (unpaired) electrons. The molecule has 164 valence electrons. The third-order valence-electron chi connectivity index (χ3n) is 5.58. The molecule has 0 saturated heterocycles. The molecule has 1 heterocycles. The molecule has 32 heavy (non-hydrogen) atoms. The molecular weight excluding hydrogens is 404 g/mol. The first kappa shape index (κ1) is 21.6. The van der Waals surface area contributed by atoms with Gasteiger partial charge in [0.25, 0.3) is 0 Å². The Kier molecular flexibility index (Phi) is 6.26. The molecule has 4 rings (SSSR count).